The van der Waals surface area contributed by atoms with Crippen molar-refractivity contribution in [1.29, 1.82) is 0 Å². The number of rotatable bonds is 4. The molecule has 0 aliphatic rings. The minimum atomic E-state index is -0.125. The Kier molecular flexibility index (Phi) is 5.19. The maximum atomic E-state index is 12.4. The number of halogens is 2. The van der Waals surface area contributed by atoms with E-state index in [1.807, 2.05) is 43.3 Å². The second kappa shape index (κ2) is 7.34. The number of hydrogen-bond acceptors (Lipinski definition) is 3. The number of amides is 1. The maximum absolute atomic E-state index is 12.4. The summed E-state index contributed by atoms with van der Waals surface area (Å²) in [6.07, 6.45) is 0. The first-order valence-electron chi connectivity index (χ1n) is 7.29. The molecule has 1 N–H and O–H groups in total. The predicted molar refractivity (Wildman–Crippen MR) is 99.9 cm³/mol. The lowest BCUT2D eigenvalue weighted by Crippen LogP contribution is -2.22. The summed E-state index contributed by atoms with van der Waals surface area (Å²) in [7, 11) is 0. The van der Waals surface area contributed by atoms with Gasteiger partial charge in [0.2, 0.25) is 0 Å². The van der Waals surface area contributed by atoms with Crippen LogP contribution in [0.4, 0.5) is 0 Å². The maximum Gasteiger partial charge on any atom is 0.263 e. The highest BCUT2D eigenvalue weighted by atomic mass is 35.5. The van der Waals surface area contributed by atoms with Gasteiger partial charge < -0.3 is 5.32 Å². The van der Waals surface area contributed by atoms with Gasteiger partial charge in [0.25, 0.3) is 5.91 Å². The molecule has 1 amide bonds. The van der Waals surface area contributed by atoms with Gasteiger partial charge >= 0.3 is 0 Å². The van der Waals surface area contributed by atoms with Crippen molar-refractivity contribution in [2.45, 2.75) is 13.5 Å². The zero-order chi connectivity index (χ0) is 17.1. The summed E-state index contributed by atoms with van der Waals surface area (Å²) in [5, 5.41) is 4.64. The number of aromatic nitrogens is 1. The molecule has 0 saturated heterocycles. The van der Waals surface area contributed by atoms with Crippen molar-refractivity contribution in [1.82, 2.24) is 10.3 Å². The molecular formula is C18H14Cl2N2OS. The highest BCUT2D eigenvalue weighted by Gasteiger charge is 2.16. The van der Waals surface area contributed by atoms with E-state index >= 15 is 0 Å². The SMILES string of the molecule is Cc1nc(-c2ccc(Cl)c(Cl)c2)sc1C(=O)NCc1ccccc1. The van der Waals surface area contributed by atoms with Crippen LogP contribution in [-0.2, 0) is 6.54 Å². The summed E-state index contributed by atoms with van der Waals surface area (Å²) in [5.41, 5.74) is 2.60. The fourth-order valence-electron chi connectivity index (χ4n) is 2.22. The van der Waals surface area contributed by atoms with Crippen LogP contribution in [-0.4, -0.2) is 10.9 Å². The molecule has 0 spiro atoms. The van der Waals surface area contributed by atoms with E-state index in [1.54, 1.807) is 12.1 Å². The Balaban J connectivity index is 1.78. The third kappa shape index (κ3) is 3.78. The van der Waals surface area contributed by atoms with E-state index in [9.17, 15) is 4.79 Å². The summed E-state index contributed by atoms with van der Waals surface area (Å²) in [6, 6.07) is 15.1. The highest BCUT2D eigenvalue weighted by molar-refractivity contribution is 7.17. The van der Waals surface area contributed by atoms with Gasteiger partial charge in [0, 0.05) is 12.1 Å². The number of benzene rings is 2. The van der Waals surface area contributed by atoms with Gasteiger partial charge in [-0.05, 0) is 24.6 Å². The van der Waals surface area contributed by atoms with Crippen molar-refractivity contribution in [2.24, 2.45) is 0 Å². The van der Waals surface area contributed by atoms with E-state index < -0.39 is 0 Å². The molecule has 0 saturated carbocycles. The lowest BCUT2D eigenvalue weighted by molar-refractivity contribution is 0.0954. The quantitative estimate of drug-likeness (QED) is 0.666. The number of thiazole rings is 1. The number of aryl methyl sites for hydroxylation is 1. The van der Waals surface area contributed by atoms with E-state index in [4.69, 9.17) is 23.2 Å². The number of nitrogens with zero attached hydrogens (tertiary/aromatic N) is 1. The van der Waals surface area contributed by atoms with Crippen LogP contribution in [0.5, 0.6) is 0 Å². The van der Waals surface area contributed by atoms with Gasteiger partial charge in [0.1, 0.15) is 9.88 Å². The molecule has 0 aliphatic carbocycles. The lowest BCUT2D eigenvalue weighted by atomic mass is 10.2. The third-order valence-electron chi connectivity index (χ3n) is 3.47. The second-order valence-corrected chi connectivity index (χ2v) is 7.04. The molecule has 1 heterocycles. The van der Waals surface area contributed by atoms with Crippen molar-refractivity contribution in [3.05, 3.63) is 74.7 Å². The average molecular weight is 377 g/mol. The lowest BCUT2D eigenvalue weighted by Gasteiger charge is -2.03. The Bertz CT molecular complexity index is 878. The molecule has 6 heteroatoms. The summed E-state index contributed by atoms with van der Waals surface area (Å²) < 4.78 is 0. The molecule has 2 aromatic carbocycles. The van der Waals surface area contributed by atoms with Gasteiger partial charge in [-0.2, -0.15) is 0 Å². The van der Waals surface area contributed by atoms with Crippen LogP contribution in [0, 0.1) is 6.92 Å². The first-order chi connectivity index (χ1) is 11.5. The standard InChI is InChI=1S/C18H14Cl2N2OS/c1-11-16(17(23)21-10-12-5-3-2-4-6-12)24-18(22-11)13-7-8-14(19)15(20)9-13/h2-9H,10H2,1H3,(H,21,23). The van der Waals surface area contributed by atoms with Gasteiger partial charge in [0.05, 0.1) is 15.7 Å². The Hall–Kier alpha value is -1.88. The van der Waals surface area contributed by atoms with Crippen LogP contribution in [0.2, 0.25) is 10.0 Å². The molecule has 0 atom stereocenters. The smallest absolute Gasteiger partial charge is 0.263 e. The van der Waals surface area contributed by atoms with Crippen LogP contribution >= 0.6 is 34.5 Å². The second-order valence-electron chi connectivity index (χ2n) is 5.23. The Morgan fingerprint density at radius 1 is 1.12 bits per heavy atom. The highest BCUT2D eigenvalue weighted by Crippen LogP contribution is 2.32. The molecule has 122 valence electrons. The van der Waals surface area contributed by atoms with Crippen molar-refractivity contribution in [3.63, 3.8) is 0 Å². The van der Waals surface area contributed by atoms with Crippen molar-refractivity contribution in [3.8, 4) is 10.6 Å². The normalized spacial score (nSPS) is 10.6. The summed E-state index contributed by atoms with van der Waals surface area (Å²) in [5.74, 6) is -0.125. The molecular weight excluding hydrogens is 363 g/mol. The molecule has 3 aromatic rings. The van der Waals surface area contributed by atoms with Gasteiger partial charge in [0.15, 0.2) is 0 Å². The van der Waals surface area contributed by atoms with Crippen molar-refractivity contribution >= 4 is 40.4 Å². The Morgan fingerprint density at radius 2 is 1.88 bits per heavy atom. The fraction of sp³-hybridized carbons (Fsp3) is 0.111. The molecule has 0 radical (unpaired) electrons. The minimum Gasteiger partial charge on any atom is -0.347 e. The summed E-state index contributed by atoms with van der Waals surface area (Å²) >= 11 is 13.3. The van der Waals surface area contributed by atoms with Gasteiger partial charge in [-0.15, -0.1) is 11.3 Å². The average Bonchev–Trinajstić information content (AvgIpc) is 2.98. The van der Waals surface area contributed by atoms with Crippen LogP contribution in [0.15, 0.2) is 48.5 Å². The van der Waals surface area contributed by atoms with Crippen molar-refractivity contribution in [2.75, 3.05) is 0 Å². The first kappa shape index (κ1) is 17.0. The molecule has 1 aromatic heterocycles. The molecule has 3 rings (SSSR count). The number of carbonyl (C=O) groups excluding carboxylic acids is 1. The number of nitrogens with one attached hydrogen (secondary N) is 1. The van der Waals surface area contributed by atoms with Gasteiger partial charge in [-0.1, -0.05) is 59.6 Å². The van der Waals surface area contributed by atoms with E-state index in [0.29, 0.717) is 27.2 Å². The summed E-state index contributed by atoms with van der Waals surface area (Å²) in [4.78, 5) is 17.5. The van der Waals surface area contributed by atoms with E-state index in [-0.39, 0.29) is 5.91 Å². The molecule has 0 bridgehead atoms. The van der Waals surface area contributed by atoms with Gasteiger partial charge in [-0.3, -0.25) is 4.79 Å². The Morgan fingerprint density at radius 3 is 2.58 bits per heavy atom. The topological polar surface area (TPSA) is 42.0 Å². The number of hydrogen-bond donors (Lipinski definition) is 1. The minimum absolute atomic E-state index is 0.125. The van der Waals surface area contributed by atoms with Crippen LogP contribution in [0.3, 0.4) is 0 Å². The van der Waals surface area contributed by atoms with E-state index in [0.717, 1.165) is 16.1 Å². The first-order valence-corrected chi connectivity index (χ1v) is 8.87. The van der Waals surface area contributed by atoms with Crippen LogP contribution < -0.4 is 5.32 Å². The third-order valence-corrected chi connectivity index (χ3v) is 5.41. The van der Waals surface area contributed by atoms with Crippen LogP contribution in [0.1, 0.15) is 20.9 Å². The molecule has 0 aliphatic heterocycles. The Labute approximate surface area is 154 Å². The van der Waals surface area contributed by atoms with Gasteiger partial charge in [-0.25, -0.2) is 4.98 Å². The predicted octanol–water partition coefficient (Wildman–Crippen LogP) is 5.36. The van der Waals surface area contributed by atoms with E-state index in [2.05, 4.69) is 10.3 Å². The monoisotopic (exact) mass is 376 g/mol. The fourth-order valence-corrected chi connectivity index (χ4v) is 3.50. The largest absolute Gasteiger partial charge is 0.347 e. The molecule has 0 unspecified atom stereocenters. The molecule has 24 heavy (non-hydrogen) atoms. The van der Waals surface area contributed by atoms with Crippen LogP contribution in [0.25, 0.3) is 10.6 Å². The molecule has 0 fully saturated rings. The van der Waals surface area contributed by atoms with Crippen molar-refractivity contribution < 1.29 is 4.79 Å². The zero-order valence-electron chi connectivity index (χ0n) is 12.8. The molecule has 3 nitrogen and oxygen atoms in total. The summed E-state index contributed by atoms with van der Waals surface area (Å²) in [6.45, 7) is 2.31. The zero-order valence-corrected chi connectivity index (χ0v) is 15.2. The number of carbonyl (C=O) groups is 1. The van der Waals surface area contributed by atoms with E-state index in [1.165, 1.54) is 11.3 Å².